The smallest absolute Gasteiger partial charge is 0.218 e. The van der Waals surface area contributed by atoms with E-state index in [2.05, 4.69) is 4.18 Å². The van der Waals surface area contributed by atoms with Gasteiger partial charge in [-0.05, 0) is 10.9 Å². The van der Waals surface area contributed by atoms with E-state index in [1.807, 2.05) is 0 Å². The van der Waals surface area contributed by atoms with Gasteiger partial charge in [0, 0.05) is 0 Å². The molecule has 0 bridgehead atoms. The van der Waals surface area contributed by atoms with Crippen LogP contribution in [0.15, 0.2) is 0 Å². The molecule has 1 fully saturated rings. The Bertz CT molecular complexity index is 348. The molecule has 1 aliphatic heterocycles. The summed E-state index contributed by atoms with van der Waals surface area (Å²) in [6, 6.07) is 0. The summed E-state index contributed by atoms with van der Waals surface area (Å²) in [5.74, 6) is 0.635. The first kappa shape index (κ1) is 16.1. The molecule has 0 spiro atoms. The third-order valence-electron chi connectivity index (χ3n) is 2.51. The summed E-state index contributed by atoms with van der Waals surface area (Å²) in [6.45, 7) is -0.815. The molecule has 8 nitrogen and oxygen atoms in total. The lowest BCUT2D eigenvalue weighted by atomic mass is 10.2. The van der Waals surface area contributed by atoms with Crippen LogP contribution >= 0.6 is 0 Å². The van der Waals surface area contributed by atoms with Gasteiger partial charge in [0.15, 0.2) is 0 Å². The van der Waals surface area contributed by atoms with Gasteiger partial charge in [-0.15, -0.1) is 0 Å². The number of hydrogen-bond donors (Lipinski definition) is 4. The Morgan fingerprint density at radius 3 is 2.22 bits per heavy atom. The molecule has 10 heteroatoms. The van der Waals surface area contributed by atoms with E-state index in [0.717, 1.165) is 0 Å². The maximum Gasteiger partial charge on any atom is 0.218 e. The summed E-state index contributed by atoms with van der Waals surface area (Å²) < 4.78 is 35.1. The molecular weight excluding hydrogens is 288 g/mol. The van der Waals surface area contributed by atoms with Gasteiger partial charge in [-0.2, -0.15) is 0 Å². The van der Waals surface area contributed by atoms with E-state index >= 15 is 0 Å². The van der Waals surface area contributed by atoms with E-state index in [1.54, 1.807) is 0 Å². The van der Waals surface area contributed by atoms with Gasteiger partial charge in [-0.3, -0.25) is 4.18 Å². The van der Waals surface area contributed by atoms with Crippen molar-refractivity contribution in [2.45, 2.75) is 24.4 Å². The normalized spacial score (nSPS) is 29.4. The van der Waals surface area contributed by atoms with Gasteiger partial charge in [0.05, 0.1) is 6.61 Å². The SMILES string of the molecule is O=S(=O)([O-])O[C@H](CO)[C@@H](O)C[S+]1C[C@@H](O)[C@H](O)C1. The van der Waals surface area contributed by atoms with E-state index in [4.69, 9.17) is 5.11 Å². The monoisotopic (exact) mass is 304 g/mol. The molecule has 0 aromatic rings. The second-order valence-electron chi connectivity index (χ2n) is 4.04. The van der Waals surface area contributed by atoms with Gasteiger partial charge in [0.25, 0.3) is 0 Å². The van der Waals surface area contributed by atoms with Gasteiger partial charge in [-0.1, -0.05) is 0 Å². The van der Waals surface area contributed by atoms with Crippen molar-refractivity contribution in [1.29, 1.82) is 0 Å². The second-order valence-corrected chi connectivity index (χ2v) is 7.27. The summed E-state index contributed by atoms with van der Waals surface area (Å²) in [5, 5.41) is 37.1. The van der Waals surface area contributed by atoms with Crippen LogP contribution in [0.5, 0.6) is 0 Å². The predicted molar refractivity (Wildman–Crippen MR) is 61.6 cm³/mol. The van der Waals surface area contributed by atoms with Crippen LogP contribution in [0.3, 0.4) is 0 Å². The third kappa shape index (κ3) is 4.97. The first-order valence-corrected chi connectivity index (χ1v) is 8.22. The Morgan fingerprint density at radius 2 is 1.83 bits per heavy atom. The Hall–Kier alpha value is 0.0600. The zero-order chi connectivity index (χ0) is 13.9. The van der Waals surface area contributed by atoms with E-state index in [-0.39, 0.29) is 5.75 Å². The lowest BCUT2D eigenvalue weighted by molar-refractivity contribution is 0.0107. The lowest BCUT2D eigenvalue weighted by Gasteiger charge is -2.21. The molecule has 0 aromatic heterocycles. The molecule has 0 saturated carbocycles. The highest BCUT2D eigenvalue weighted by Gasteiger charge is 2.42. The highest BCUT2D eigenvalue weighted by molar-refractivity contribution is 7.97. The quantitative estimate of drug-likeness (QED) is 0.225. The molecule has 0 unspecified atom stereocenters. The fraction of sp³-hybridized carbons (Fsp3) is 1.00. The number of rotatable bonds is 6. The van der Waals surface area contributed by atoms with Gasteiger partial charge in [-0.25, -0.2) is 8.42 Å². The van der Waals surface area contributed by atoms with Crippen molar-refractivity contribution in [3.8, 4) is 0 Å². The topological polar surface area (TPSA) is 147 Å². The van der Waals surface area contributed by atoms with E-state index in [1.165, 1.54) is 0 Å². The van der Waals surface area contributed by atoms with Crippen LogP contribution in [-0.4, -0.2) is 81.7 Å². The summed E-state index contributed by atoms with van der Waals surface area (Å²) in [4.78, 5) is 0. The Morgan fingerprint density at radius 1 is 1.33 bits per heavy atom. The minimum absolute atomic E-state index is 0.0505. The molecule has 18 heavy (non-hydrogen) atoms. The summed E-state index contributed by atoms with van der Waals surface area (Å²) in [5.41, 5.74) is 0. The van der Waals surface area contributed by atoms with Gasteiger partial charge >= 0.3 is 0 Å². The minimum Gasteiger partial charge on any atom is -0.726 e. The fourth-order valence-corrected chi connectivity index (χ4v) is 4.63. The summed E-state index contributed by atoms with van der Waals surface area (Å²) in [6.07, 6.45) is -4.59. The van der Waals surface area contributed by atoms with Crippen LogP contribution < -0.4 is 0 Å². The standard InChI is InChI=1S/C8H16O8S2/c9-1-8(16-18(13,14)15)7(12)4-17-2-5(10)6(11)3-17/h5-12H,1-4H2/t5-,6-,7+,8-/m1/s1. The molecule has 0 aromatic carbocycles. The molecular formula is C8H16O8S2. The fourth-order valence-electron chi connectivity index (χ4n) is 1.63. The van der Waals surface area contributed by atoms with Gasteiger partial charge in [0.2, 0.25) is 10.4 Å². The van der Waals surface area contributed by atoms with Crippen LogP contribution in [0.25, 0.3) is 0 Å². The van der Waals surface area contributed by atoms with Crippen molar-refractivity contribution in [2.75, 3.05) is 23.9 Å². The van der Waals surface area contributed by atoms with Crippen LogP contribution in [0, 0.1) is 0 Å². The molecule has 1 saturated heterocycles. The Balaban J connectivity index is 2.50. The molecule has 1 rings (SSSR count). The first-order valence-electron chi connectivity index (χ1n) is 5.16. The van der Waals surface area contributed by atoms with Crippen LogP contribution in [0.1, 0.15) is 0 Å². The zero-order valence-corrected chi connectivity index (χ0v) is 11.0. The van der Waals surface area contributed by atoms with Crippen LogP contribution in [-0.2, 0) is 25.5 Å². The van der Waals surface area contributed by atoms with Crippen molar-refractivity contribution in [1.82, 2.24) is 0 Å². The largest absolute Gasteiger partial charge is 0.726 e. The molecule has 0 radical (unpaired) electrons. The van der Waals surface area contributed by atoms with Crippen LogP contribution in [0.2, 0.25) is 0 Å². The van der Waals surface area contributed by atoms with Crippen molar-refractivity contribution in [2.24, 2.45) is 0 Å². The number of aliphatic hydroxyl groups excluding tert-OH is 4. The average molecular weight is 304 g/mol. The Labute approximate surface area is 108 Å². The van der Waals surface area contributed by atoms with Gasteiger partial charge in [0.1, 0.15) is 41.7 Å². The van der Waals surface area contributed by atoms with Crippen LogP contribution in [0.4, 0.5) is 0 Å². The van der Waals surface area contributed by atoms with Crippen molar-refractivity contribution < 1.29 is 37.6 Å². The van der Waals surface area contributed by atoms with Crippen molar-refractivity contribution >= 4 is 21.3 Å². The molecule has 0 amide bonds. The third-order valence-corrected chi connectivity index (χ3v) is 5.44. The molecule has 0 aliphatic carbocycles. The molecule has 4 atom stereocenters. The average Bonchev–Trinajstić information content (AvgIpc) is 2.53. The highest BCUT2D eigenvalue weighted by Crippen LogP contribution is 2.18. The maximum absolute atomic E-state index is 10.4. The predicted octanol–water partition coefficient (Wildman–Crippen LogP) is -3.46. The van der Waals surface area contributed by atoms with E-state index in [0.29, 0.717) is 11.5 Å². The van der Waals surface area contributed by atoms with Crippen molar-refractivity contribution in [3.05, 3.63) is 0 Å². The zero-order valence-electron chi connectivity index (χ0n) is 9.38. The minimum atomic E-state index is -5.00. The van der Waals surface area contributed by atoms with Gasteiger partial charge < -0.3 is 25.0 Å². The maximum atomic E-state index is 10.4. The van der Waals surface area contributed by atoms with E-state index < -0.39 is 52.3 Å². The molecule has 108 valence electrons. The highest BCUT2D eigenvalue weighted by atomic mass is 32.3. The summed E-state index contributed by atoms with van der Waals surface area (Å²) in [7, 11) is -5.51. The number of aliphatic hydroxyl groups is 4. The molecule has 1 heterocycles. The Kier molecular flexibility index (Phi) is 5.80. The molecule has 1 aliphatic rings. The van der Waals surface area contributed by atoms with Crippen molar-refractivity contribution in [3.63, 3.8) is 0 Å². The molecule has 4 N–H and O–H groups in total. The van der Waals surface area contributed by atoms with E-state index in [9.17, 15) is 28.3 Å². The number of hydrogen-bond acceptors (Lipinski definition) is 8. The summed E-state index contributed by atoms with van der Waals surface area (Å²) >= 11 is 0. The first-order chi connectivity index (χ1) is 8.23. The second kappa shape index (κ2) is 6.48. The lowest BCUT2D eigenvalue weighted by Crippen LogP contribution is -2.39.